The van der Waals surface area contributed by atoms with E-state index in [1.807, 2.05) is 33.8 Å². The number of hydrogen-bond donors (Lipinski definition) is 1. The van der Waals surface area contributed by atoms with Gasteiger partial charge in [0.2, 0.25) is 0 Å². The zero-order valence-electron chi connectivity index (χ0n) is 13.1. The van der Waals surface area contributed by atoms with Crippen LogP contribution in [0.1, 0.15) is 53.0 Å². The van der Waals surface area contributed by atoms with Crippen LogP contribution in [0.5, 0.6) is 0 Å². The van der Waals surface area contributed by atoms with Crippen molar-refractivity contribution in [3.05, 3.63) is 17.8 Å². The van der Waals surface area contributed by atoms with Crippen molar-refractivity contribution < 1.29 is 9.31 Å². The fourth-order valence-electron chi connectivity index (χ4n) is 2.08. The van der Waals surface area contributed by atoms with E-state index in [4.69, 9.17) is 15.0 Å². The third-order valence-corrected chi connectivity index (χ3v) is 4.12. The molecule has 1 saturated heterocycles. The smallest absolute Gasteiger partial charge is 0.399 e. The molecule has 0 aliphatic carbocycles. The Kier molecular flexibility index (Phi) is 4.79. The van der Waals surface area contributed by atoms with Crippen LogP contribution in [-0.2, 0) is 9.31 Å². The molecular formula is C14H24BClN2O2. The van der Waals surface area contributed by atoms with Gasteiger partial charge in [-0.2, -0.15) is 0 Å². The molecule has 112 valence electrons. The molecule has 0 saturated carbocycles. The summed E-state index contributed by atoms with van der Waals surface area (Å²) in [6, 6.07) is 2.04. The fourth-order valence-corrected chi connectivity index (χ4v) is 2.08. The standard InChI is InChI=1S/C14H23BN2O2.ClH/c1-9(2)11-7-10(8-17-12(11)16)15-18-13(3,4)14(5,6)19-15;/h7-9H,1-6H3,(H2,16,17);1H. The number of anilines is 1. The lowest BCUT2D eigenvalue weighted by Crippen LogP contribution is -2.41. The van der Waals surface area contributed by atoms with Crippen LogP contribution in [0, 0.1) is 0 Å². The van der Waals surface area contributed by atoms with Crippen LogP contribution in [0.3, 0.4) is 0 Å². The largest absolute Gasteiger partial charge is 0.496 e. The van der Waals surface area contributed by atoms with Crippen molar-refractivity contribution in [1.82, 2.24) is 4.98 Å². The number of aromatic nitrogens is 1. The Morgan fingerprint density at radius 2 is 1.65 bits per heavy atom. The maximum absolute atomic E-state index is 6.02. The summed E-state index contributed by atoms with van der Waals surface area (Å²) >= 11 is 0. The van der Waals surface area contributed by atoms with Gasteiger partial charge >= 0.3 is 7.12 Å². The van der Waals surface area contributed by atoms with Crippen LogP contribution in [0.25, 0.3) is 0 Å². The maximum atomic E-state index is 6.02. The maximum Gasteiger partial charge on any atom is 0.496 e. The van der Waals surface area contributed by atoms with E-state index in [9.17, 15) is 0 Å². The average molecular weight is 299 g/mol. The quantitative estimate of drug-likeness (QED) is 0.852. The van der Waals surface area contributed by atoms with Gasteiger partial charge in [0.15, 0.2) is 0 Å². The van der Waals surface area contributed by atoms with Crippen LogP contribution >= 0.6 is 12.4 Å². The molecule has 0 bridgehead atoms. The topological polar surface area (TPSA) is 57.4 Å². The van der Waals surface area contributed by atoms with Crippen molar-refractivity contribution >= 4 is 30.8 Å². The normalized spacial score (nSPS) is 20.1. The summed E-state index contributed by atoms with van der Waals surface area (Å²) in [5.74, 6) is 0.908. The summed E-state index contributed by atoms with van der Waals surface area (Å²) in [6.45, 7) is 12.4. The molecule has 2 rings (SSSR count). The van der Waals surface area contributed by atoms with Crippen molar-refractivity contribution in [1.29, 1.82) is 0 Å². The minimum Gasteiger partial charge on any atom is -0.399 e. The first-order chi connectivity index (χ1) is 8.64. The van der Waals surface area contributed by atoms with E-state index in [1.165, 1.54) is 0 Å². The molecule has 0 spiro atoms. The second-order valence-corrected chi connectivity index (χ2v) is 6.49. The first-order valence-electron chi connectivity index (χ1n) is 6.75. The molecule has 1 aromatic heterocycles. The molecule has 0 radical (unpaired) electrons. The van der Waals surface area contributed by atoms with Crippen LogP contribution in [-0.4, -0.2) is 23.3 Å². The summed E-state index contributed by atoms with van der Waals surface area (Å²) in [7, 11) is -0.379. The Labute approximate surface area is 128 Å². The van der Waals surface area contributed by atoms with Gasteiger partial charge < -0.3 is 15.0 Å². The third kappa shape index (κ3) is 2.95. The van der Waals surface area contributed by atoms with Crippen LogP contribution in [0.4, 0.5) is 5.82 Å². The van der Waals surface area contributed by atoms with Gasteiger partial charge in [0, 0.05) is 11.7 Å². The first kappa shape index (κ1) is 17.3. The summed E-state index contributed by atoms with van der Waals surface area (Å²) in [5.41, 5.74) is 7.19. The molecule has 4 nitrogen and oxygen atoms in total. The summed E-state index contributed by atoms with van der Waals surface area (Å²) in [6.07, 6.45) is 1.74. The molecule has 1 aromatic rings. The first-order valence-corrected chi connectivity index (χ1v) is 6.75. The van der Waals surface area contributed by atoms with E-state index in [0.717, 1.165) is 11.0 Å². The van der Waals surface area contributed by atoms with Gasteiger partial charge in [-0.3, -0.25) is 0 Å². The molecule has 2 N–H and O–H groups in total. The fraction of sp³-hybridized carbons (Fsp3) is 0.643. The Morgan fingerprint density at radius 1 is 1.15 bits per heavy atom. The zero-order valence-corrected chi connectivity index (χ0v) is 13.9. The Balaban J connectivity index is 0.00000200. The van der Waals surface area contributed by atoms with Crippen LogP contribution in [0.15, 0.2) is 12.3 Å². The van der Waals surface area contributed by atoms with Gasteiger partial charge in [0.05, 0.1) is 11.2 Å². The third-order valence-electron chi connectivity index (χ3n) is 4.12. The summed E-state index contributed by atoms with van der Waals surface area (Å²) in [4.78, 5) is 4.26. The molecule has 20 heavy (non-hydrogen) atoms. The van der Waals surface area contributed by atoms with Gasteiger partial charge in [-0.25, -0.2) is 4.98 Å². The van der Waals surface area contributed by atoms with Crippen molar-refractivity contribution in [3.8, 4) is 0 Å². The van der Waals surface area contributed by atoms with E-state index in [1.54, 1.807) is 6.20 Å². The molecule has 1 aliphatic rings. The SMILES string of the molecule is CC(C)c1cc(B2OC(C)(C)C(C)(C)O2)cnc1N.Cl. The molecule has 0 atom stereocenters. The summed E-state index contributed by atoms with van der Waals surface area (Å²) < 4.78 is 12.0. The van der Waals surface area contributed by atoms with Gasteiger partial charge in [0.25, 0.3) is 0 Å². The second-order valence-electron chi connectivity index (χ2n) is 6.49. The monoisotopic (exact) mass is 298 g/mol. The van der Waals surface area contributed by atoms with Crippen LogP contribution < -0.4 is 11.2 Å². The predicted octanol–water partition coefficient (Wildman–Crippen LogP) is 2.51. The van der Waals surface area contributed by atoms with E-state index in [-0.39, 0.29) is 30.7 Å². The van der Waals surface area contributed by atoms with Gasteiger partial charge in [0.1, 0.15) is 5.82 Å². The molecule has 6 heteroatoms. The van der Waals surface area contributed by atoms with Crippen molar-refractivity contribution in [2.75, 3.05) is 5.73 Å². The van der Waals surface area contributed by atoms with Crippen LogP contribution in [0.2, 0.25) is 0 Å². The van der Waals surface area contributed by atoms with E-state index in [0.29, 0.717) is 11.7 Å². The number of halogens is 1. The highest BCUT2D eigenvalue weighted by molar-refractivity contribution is 6.62. The molecule has 1 aliphatic heterocycles. The Bertz CT molecular complexity index is 476. The number of nitrogens with zero attached hydrogens (tertiary/aromatic N) is 1. The minimum absolute atomic E-state index is 0. The predicted molar refractivity (Wildman–Crippen MR) is 85.7 cm³/mol. The number of nitrogen functional groups attached to an aromatic ring is 1. The van der Waals surface area contributed by atoms with Gasteiger partial charge in [-0.15, -0.1) is 12.4 Å². The molecule has 0 unspecified atom stereocenters. The number of pyridine rings is 1. The van der Waals surface area contributed by atoms with Crippen molar-refractivity contribution in [2.45, 2.75) is 58.7 Å². The lowest BCUT2D eigenvalue weighted by molar-refractivity contribution is 0.00578. The van der Waals surface area contributed by atoms with Gasteiger partial charge in [-0.05, 0) is 39.2 Å². The van der Waals surface area contributed by atoms with E-state index >= 15 is 0 Å². The molecule has 0 aromatic carbocycles. The van der Waals surface area contributed by atoms with E-state index in [2.05, 4.69) is 18.8 Å². The van der Waals surface area contributed by atoms with E-state index < -0.39 is 0 Å². The van der Waals surface area contributed by atoms with Gasteiger partial charge in [-0.1, -0.05) is 19.9 Å². The number of rotatable bonds is 2. The number of hydrogen-bond acceptors (Lipinski definition) is 4. The highest BCUT2D eigenvalue weighted by atomic mass is 35.5. The summed E-state index contributed by atoms with van der Waals surface area (Å²) in [5, 5.41) is 0. The number of nitrogens with two attached hydrogens (primary N) is 1. The average Bonchev–Trinajstić information content (AvgIpc) is 2.48. The Hall–Kier alpha value is -0.775. The lowest BCUT2D eigenvalue weighted by Gasteiger charge is -2.32. The lowest BCUT2D eigenvalue weighted by atomic mass is 9.79. The highest BCUT2D eigenvalue weighted by Crippen LogP contribution is 2.36. The minimum atomic E-state index is -0.379. The molecule has 1 fully saturated rings. The van der Waals surface area contributed by atoms with Crippen molar-refractivity contribution in [3.63, 3.8) is 0 Å². The van der Waals surface area contributed by atoms with Crippen molar-refractivity contribution in [2.24, 2.45) is 0 Å². The second kappa shape index (κ2) is 5.55. The molecule has 0 amide bonds. The zero-order chi connectivity index (χ0) is 14.4. The molecule has 2 heterocycles. The Morgan fingerprint density at radius 3 is 2.10 bits per heavy atom. The molecular weight excluding hydrogens is 274 g/mol. The highest BCUT2D eigenvalue weighted by Gasteiger charge is 2.51.